The lowest BCUT2D eigenvalue weighted by atomic mass is 9.97. The van der Waals surface area contributed by atoms with Crippen molar-refractivity contribution in [3.05, 3.63) is 69.2 Å². The molecule has 0 fully saturated rings. The number of aryl methyl sites for hydroxylation is 1. The van der Waals surface area contributed by atoms with Crippen LogP contribution in [0.2, 0.25) is 0 Å². The fourth-order valence-electron chi connectivity index (χ4n) is 2.14. The van der Waals surface area contributed by atoms with Gasteiger partial charge >= 0.3 is 6.18 Å². The van der Waals surface area contributed by atoms with Crippen LogP contribution in [0.3, 0.4) is 0 Å². The van der Waals surface area contributed by atoms with E-state index in [4.69, 9.17) is 5.73 Å². The highest BCUT2D eigenvalue weighted by Gasteiger charge is 2.30. The van der Waals surface area contributed by atoms with Crippen LogP contribution in [0.5, 0.6) is 0 Å². The van der Waals surface area contributed by atoms with Crippen LogP contribution in [0, 0.1) is 6.92 Å². The second-order valence-electron chi connectivity index (χ2n) is 5.02. The summed E-state index contributed by atoms with van der Waals surface area (Å²) in [4.78, 5) is 0. The van der Waals surface area contributed by atoms with Gasteiger partial charge in [0, 0.05) is 10.5 Å². The maximum Gasteiger partial charge on any atom is 0.416 e. The van der Waals surface area contributed by atoms with Crippen molar-refractivity contribution in [2.45, 2.75) is 25.6 Å². The first kappa shape index (κ1) is 16.0. The number of rotatable bonds is 3. The molecule has 21 heavy (non-hydrogen) atoms. The first-order valence-electron chi connectivity index (χ1n) is 6.45. The summed E-state index contributed by atoms with van der Waals surface area (Å²) in [7, 11) is 0. The van der Waals surface area contributed by atoms with E-state index in [-0.39, 0.29) is 6.04 Å². The monoisotopic (exact) mass is 357 g/mol. The molecule has 1 unspecified atom stereocenters. The van der Waals surface area contributed by atoms with Crippen LogP contribution in [-0.4, -0.2) is 0 Å². The van der Waals surface area contributed by atoms with Crippen molar-refractivity contribution in [2.24, 2.45) is 5.73 Å². The highest BCUT2D eigenvalue weighted by Crippen LogP contribution is 2.30. The molecule has 0 aliphatic heterocycles. The molecular weight excluding hydrogens is 343 g/mol. The summed E-state index contributed by atoms with van der Waals surface area (Å²) in [5.74, 6) is 0. The van der Waals surface area contributed by atoms with Crippen molar-refractivity contribution in [2.75, 3.05) is 0 Å². The van der Waals surface area contributed by atoms with Gasteiger partial charge in [0.05, 0.1) is 5.56 Å². The first-order chi connectivity index (χ1) is 9.77. The first-order valence-corrected chi connectivity index (χ1v) is 7.24. The maximum atomic E-state index is 12.7. The Morgan fingerprint density at radius 2 is 1.86 bits per heavy atom. The van der Waals surface area contributed by atoms with Crippen molar-refractivity contribution in [3.63, 3.8) is 0 Å². The van der Waals surface area contributed by atoms with Gasteiger partial charge in [-0.15, -0.1) is 0 Å². The summed E-state index contributed by atoms with van der Waals surface area (Å²) >= 11 is 3.41. The number of halogens is 4. The molecule has 0 bridgehead atoms. The minimum atomic E-state index is -4.33. The highest BCUT2D eigenvalue weighted by molar-refractivity contribution is 9.10. The van der Waals surface area contributed by atoms with Crippen LogP contribution in [-0.2, 0) is 12.6 Å². The van der Waals surface area contributed by atoms with Gasteiger partial charge < -0.3 is 5.73 Å². The molecule has 0 aromatic heterocycles. The van der Waals surface area contributed by atoms with Crippen molar-refractivity contribution >= 4 is 15.9 Å². The molecule has 0 saturated carbocycles. The molecular formula is C16H15BrF3N. The molecule has 0 heterocycles. The van der Waals surface area contributed by atoms with E-state index in [0.29, 0.717) is 12.0 Å². The zero-order chi connectivity index (χ0) is 15.6. The van der Waals surface area contributed by atoms with Gasteiger partial charge in [0.25, 0.3) is 0 Å². The third-order valence-electron chi connectivity index (χ3n) is 3.32. The van der Waals surface area contributed by atoms with Gasteiger partial charge in [-0.25, -0.2) is 0 Å². The van der Waals surface area contributed by atoms with Crippen molar-refractivity contribution in [1.29, 1.82) is 0 Å². The minimum Gasteiger partial charge on any atom is -0.324 e. The third-order valence-corrected chi connectivity index (χ3v) is 4.21. The fourth-order valence-corrected chi connectivity index (χ4v) is 2.39. The molecule has 2 aromatic carbocycles. The van der Waals surface area contributed by atoms with E-state index in [0.717, 1.165) is 27.7 Å². The second-order valence-corrected chi connectivity index (χ2v) is 5.87. The van der Waals surface area contributed by atoms with Crippen molar-refractivity contribution in [3.8, 4) is 0 Å². The summed E-state index contributed by atoms with van der Waals surface area (Å²) in [6, 6.07) is 10.7. The van der Waals surface area contributed by atoms with Crippen molar-refractivity contribution in [1.82, 2.24) is 0 Å². The van der Waals surface area contributed by atoms with E-state index in [1.165, 1.54) is 6.07 Å². The Morgan fingerprint density at radius 3 is 2.48 bits per heavy atom. The van der Waals surface area contributed by atoms with Crippen LogP contribution in [0.1, 0.15) is 28.3 Å². The molecule has 2 rings (SSSR count). The average Bonchev–Trinajstić information content (AvgIpc) is 2.41. The zero-order valence-electron chi connectivity index (χ0n) is 11.4. The number of benzene rings is 2. The Balaban J connectivity index is 2.19. The van der Waals surface area contributed by atoms with Gasteiger partial charge in [-0.2, -0.15) is 13.2 Å². The highest BCUT2D eigenvalue weighted by atomic mass is 79.9. The van der Waals surface area contributed by atoms with E-state index in [1.54, 1.807) is 6.07 Å². The lowest BCUT2D eigenvalue weighted by Crippen LogP contribution is -2.14. The Bertz CT molecular complexity index is 638. The molecule has 0 aliphatic rings. The van der Waals surface area contributed by atoms with E-state index >= 15 is 0 Å². The lowest BCUT2D eigenvalue weighted by Gasteiger charge is -2.15. The quantitative estimate of drug-likeness (QED) is 0.819. The van der Waals surface area contributed by atoms with Crippen molar-refractivity contribution < 1.29 is 13.2 Å². The molecule has 0 spiro atoms. The van der Waals surface area contributed by atoms with Gasteiger partial charge in [0.2, 0.25) is 0 Å². The van der Waals surface area contributed by atoms with Gasteiger partial charge in [0.1, 0.15) is 0 Å². The molecule has 0 radical (unpaired) electrons. The molecule has 0 amide bonds. The standard InChI is InChI=1S/C16H15BrF3N/c1-10-7-12(5-6-14(10)17)15(21)9-11-3-2-4-13(8-11)16(18,19)20/h2-8,15H,9,21H2,1H3. The zero-order valence-corrected chi connectivity index (χ0v) is 13.0. The molecule has 0 aliphatic carbocycles. The summed E-state index contributed by atoms with van der Waals surface area (Å²) < 4.78 is 39.1. The van der Waals surface area contributed by atoms with Crippen LogP contribution in [0.4, 0.5) is 13.2 Å². The Hall–Kier alpha value is -1.33. The Labute approximate surface area is 130 Å². The molecule has 2 N–H and O–H groups in total. The molecule has 1 nitrogen and oxygen atoms in total. The maximum absolute atomic E-state index is 12.7. The van der Waals surface area contributed by atoms with Crippen LogP contribution >= 0.6 is 15.9 Å². The average molecular weight is 358 g/mol. The smallest absolute Gasteiger partial charge is 0.324 e. The molecule has 2 aromatic rings. The number of nitrogens with two attached hydrogens (primary N) is 1. The van der Waals surface area contributed by atoms with E-state index in [9.17, 15) is 13.2 Å². The molecule has 112 valence electrons. The predicted octanol–water partition coefficient (Wildman–Crippen LogP) is 5.02. The van der Waals surface area contributed by atoms with Crippen LogP contribution in [0.25, 0.3) is 0 Å². The van der Waals surface area contributed by atoms with E-state index < -0.39 is 11.7 Å². The molecule has 0 saturated heterocycles. The summed E-state index contributed by atoms with van der Waals surface area (Å²) in [6.45, 7) is 1.95. The van der Waals surface area contributed by atoms with Crippen LogP contribution in [0.15, 0.2) is 46.9 Å². The lowest BCUT2D eigenvalue weighted by molar-refractivity contribution is -0.137. The van der Waals surface area contributed by atoms with E-state index in [2.05, 4.69) is 15.9 Å². The summed E-state index contributed by atoms with van der Waals surface area (Å²) in [5, 5.41) is 0. The van der Waals surface area contributed by atoms with E-state index in [1.807, 2.05) is 25.1 Å². The van der Waals surface area contributed by atoms with Gasteiger partial charge in [-0.3, -0.25) is 0 Å². The second kappa shape index (κ2) is 6.20. The number of hydrogen-bond acceptors (Lipinski definition) is 1. The minimum absolute atomic E-state index is 0.333. The van der Waals surface area contributed by atoms with Crippen LogP contribution < -0.4 is 5.73 Å². The number of alkyl halides is 3. The Morgan fingerprint density at radius 1 is 1.14 bits per heavy atom. The topological polar surface area (TPSA) is 26.0 Å². The summed E-state index contributed by atoms with van der Waals surface area (Å²) in [6.07, 6.45) is -3.96. The Kier molecular flexibility index (Phi) is 4.74. The number of hydrogen-bond donors (Lipinski definition) is 1. The summed E-state index contributed by atoms with van der Waals surface area (Å²) in [5.41, 5.74) is 8.01. The normalized spacial score (nSPS) is 13.2. The largest absolute Gasteiger partial charge is 0.416 e. The predicted molar refractivity (Wildman–Crippen MR) is 81.0 cm³/mol. The van der Waals surface area contributed by atoms with Gasteiger partial charge in [0.15, 0.2) is 0 Å². The molecule has 1 atom stereocenters. The SMILES string of the molecule is Cc1cc(C(N)Cc2cccc(C(F)(F)F)c2)ccc1Br. The van der Waals surface area contributed by atoms with Gasteiger partial charge in [-0.05, 0) is 42.2 Å². The third kappa shape index (κ3) is 4.08. The fraction of sp³-hybridized carbons (Fsp3) is 0.250. The van der Waals surface area contributed by atoms with Gasteiger partial charge in [-0.1, -0.05) is 46.3 Å². The molecule has 5 heteroatoms.